The molecule has 0 spiro atoms. The topological polar surface area (TPSA) is 38.8 Å². The van der Waals surface area contributed by atoms with Crippen molar-refractivity contribution in [3.05, 3.63) is 23.8 Å². The van der Waals surface area contributed by atoms with E-state index in [1.165, 1.54) is 0 Å². The van der Waals surface area contributed by atoms with E-state index in [2.05, 4.69) is 18.7 Å². The molecule has 0 aromatic heterocycles. The lowest BCUT2D eigenvalue weighted by Crippen LogP contribution is -2.27. The maximum absolute atomic E-state index is 10.8. The van der Waals surface area contributed by atoms with E-state index in [0.717, 1.165) is 25.9 Å². The molecule has 0 aliphatic heterocycles. The second-order valence-electron chi connectivity index (χ2n) is 4.13. The first-order valence-corrected chi connectivity index (χ1v) is 6.82. The Balaban J connectivity index is 2.63. The number of carbonyl (C=O) groups is 1. The molecular weight excluding hydrogens is 242 g/mol. The summed E-state index contributed by atoms with van der Waals surface area (Å²) in [5.74, 6) is 1.33. The van der Waals surface area contributed by atoms with Crippen LogP contribution in [0.4, 0.5) is 0 Å². The van der Waals surface area contributed by atoms with Crippen molar-refractivity contribution >= 4 is 6.29 Å². The molecule has 0 unspecified atom stereocenters. The molecule has 0 amide bonds. The molecule has 0 saturated heterocycles. The third-order valence-electron chi connectivity index (χ3n) is 2.96. The van der Waals surface area contributed by atoms with Gasteiger partial charge in [-0.05, 0) is 38.2 Å². The van der Waals surface area contributed by atoms with Gasteiger partial charge in [0.25, 0.3) is 0 Å². The summed E-state index contributed by atoms with van der Waals surface area (Å²) in [5.41, 5.74) is 0.597. The molecule has 106 valence electrons. The molecule has 0 aliphatic carbocycles. The molecular formula is C15H23NO3. The predicted octanol–water partition coefficient (Wildman–Crippen LogP) is 2.62. The molecule has 4 heteroatoms. The smallest absolute Gasteiger partial charge is 0.161 e. The van der Waals surface area contributed by atoms with Crippen molar-refractivity contribution in [2.45, 2.75) is 20.8 Å². The standard InChI is InChI=1S/C15H23NO3/c1-4-16(5-2)9-10-19-14-8-7-13(12-17)11-15(14)18-6-3/h7-8,11-12H,4-6,9-10H2,1-3H3. The number of benzene rings is 1. The van der Waals surface area contributed by atoms with Crippen LogP contribution in [-0.4, -0.2) is 44.0 Å². The molecule has 1 aromatic rings. The highest BCUT2D eigenvalue weighted by atomic mass is 16.5. The Morgan fingerprint density at radius 2 is 1.84 bits per heavy atom. The van der Waals surface area contributed by atoms with Crippen LogP contribution in [0.2, 0.25) is 0 Å². The Hall–Kier alpha value is -1.55. The van der Waals surface area contributed by atoms with Crippen LogP contribution in [0, 0.1) is 0 Å². The number of nitrogens with zero attached hydrogens (tertiary/aromatic N) is 1. The van der Waals surface area contributed by atoms with Gasteiger partial charge in [0.05, 0.1) is 6.61 Å². The minimum absolute atomic E-state index is 0.550. The number of aldehydes is 1. The Morgan fingerprint density at radius 1 is 1.11 bits per heavy atom. The molecule has 0 fully saturated rings. The Morgan fingerprint density at radius 3 is 2.42 bits per heavy atom. The van der Waals surface area contributed by atoms with Crippen LogP contribution in [-0.2, 0) is 0 Å². The van der Waals surface area contributed by atoms with Crippen LogP contribution in [0.3, 0.4) is 0 Å². The third kappa shape index (κ3) is 4.91. The fourth-order valence-electron chi connectivity index (χ4n) is 1.81. The molecule has 4 nitrogen and oxygen atoms in total. The van der Waals surface area contributed by atoms with Crippen molar-refractivity contribution in [1.82, 2.24) is 4.90 Å². The summed E-state index contributed by atoms with van der Waals surface area (Å²) in [6.45, 7) is 10.3. The zero-order valence-corrected chi connectivity index (χ0v) is 12.0. The van der Waals surface area contributed by atoms with Gasteiger partial charge in [-0.25, -0.2) is 0 Å². The van der Waals surface area contributed by atoms with Gasteiger partial charge >= 0.3 is 0 Å². The van der Waals surface area contributed by atoms with Gasteiger partial charge in [-0.15, -0.1) is 0 Å². The summed E-state index contributed by atoms with van der Waals surface area (Å²) in [5, 5.41) is 0. The van der Waals surface area contributed by atoms with Crippen LogP contribution in [0.25, 0.3) is 0 Å². The number of hydrogen-bond acceptors (Lipinski definition) is 4. The highest BCUT2D eigenvalue weighted by Gasteiger charge is 2.07. The zero-order valence-electron chi connectivity index (χ0n) is 12.0. The average molecular weight is 265 g/mol. The fourth-order valence-corrected chi connectivity index (χ4v) is 1.81. The molecule has 0 saturated carbocycles. The maximum atomic E-state index is 10.8. The van der Waals surface area contributed by atoms with Gasteiger partial charge in [0.2, 0.25) is 0 Å². The Kier molecular flexibility index (Phi) is 6.97. The minimum atomic E-state index is 0.550. The third-order valence-corrected chi connectivity index (χ3v) is 2.96. The highest BCUT2D eigenvalue weighted by molar-refractivity contribution is 5.76. The summed E-state index contributed by atoms with van der Waals surface area (Å²) in [6.07, 6.45) is 0.808. The van der Waals surface area contributed by atoms with E-state index in [4.69, 9.17) is 9.47 Å². The fraction of sp³-hybridized carbons (Fsp3) is 0.533. The lowest BCUT2D eigenvalue weighted by Gasteiger charge is -2.19. The summed E-state index contributed by atoms with van der Waals surface area (Å²) in [7, 11) is 0. The van der Waals surface area contributed by atoms with Crippen molar-refractivity contribution in [3.8, 4) is 11.5 Å². The van der Waals surface area contributed by atoms with Gasteiger partial charge in [0.1, 0.15) is 12.9 Å². The highest BCUT2D eigenvalue weighted by Crippen LogP contribution is 2.27. The molecule has 0 N–H and O–H groups in total. The summed E-state index contributed by atoms with van der Waals surface area (Å²) >= 11 is 0. The monoisotopic (exact) mass is 265 g/mol. The van der Waals surface area contributed by atoms with Gasteiger partial charge in [-0.1, -0.05) is 13.8 Å². The first-order valence-electron chi connectivity index (χ1n) is 6.82. The van der Waals surface area contributed by atoms with Crippen molar-refractivity contribution in [3.63, 3.8) is 0 Å². The second kappa shape index (κ2) is 8.53. The number of hydrogen-bond donors (Lipinski definition) is 0. The molecule has 0 bridgehead atoms. The quantitative estimate of drug-likeness (QED) is 0.643. The number of rotatable bonds is 9. The number of carbonyl (C=O) groups excluding carboxylic acids is 1. The zero-order chi connectivity index (χ0) is 14.1. The van der Waals surface area contributed by atoms with Gasteiger partial charge in [-0.2, -0.15) is 0 Å². The number of likely N-dealkylation sites (N-methyl/N-ethyl adjacent to an activating group) is 1. The molecule has 0 heterocycles. The summed E-state index contributed by atoms with van der Waals surface area (Å²) in [4.78, 5) is 13.0. The van der Waals surface area contributed by atoms with Crippen molar-refractivity contribution in [2.24, 2.45) is 0 Å². The summed E-state index contributed by atoms with van der Waals surface area (Å²) in [6, 6.07) is 5.24. The molecule has 0 aliphatic rings. The molecule has 0 radical (unpaired) electrons. The van der Waals surface area contributed by atoms with Gasteiger partial charge in [-0.3, -0.25) is 4.79 Å². The van der Waals surface area contributed by atoms with E-state index in [0.29, 0.717) is 30.3 Å². The summed E-state index contributed by atoms with van der Waals surface area (Å²) < 4.78 is 11.2. The lowest BCUT2D eigenvalue weighted by atomic mass is 10.2. The first-order chi connectivity index (χ1) is 9.24. The van der Waals surface area contributed by atoms with E-state index in [1.54, 1.807) is 18.2 Å². The van der Waals surface area contributed by atoms with E-state index in [-0.39, 0.29) is 0 Å². The lowest BCUT2D eigenvalue weighted by molar-refractivity contribution is 0.112. The van der Waals surface area contributed by atoms with Crippen LogP contribution >= 0.6 is 0 Å². The van der Waals surface area contributed by atoms with Crippen LogP contribution < -0.4 is 9.47 Å². The SMILES string of the molecule is CCOc1cc(C=O)ccc1OCCN(CC)CC. The van der Waals surface area contributed by atoms with Crippen molar-refractivity contribution in [1.29, 1.82) is 0 Å². The number of ether oxygens (including phenoxy) is 2. The van der Waals surface area contributed by atoms with Crippen molar-refractivity contribution < 1.29 is 14.3 Å². The molecule has 19 heavy (non-hydrogen) atoms. The van der Waals surface area contributed by atoms with Gasteiger partial charge < -0.3 is 14.4 Å². The normalized spacial score (nSPS) is 10.5. The average Bonchev–Trinajstić information content (AvgIpc) is 2.45. The van der Waals surface area contributed by atoms with E-state index in [9.17, 15) is 4.79 Å². The van der Waals surface area contributed by atoms with E-state index < -0.39 is 0 Å². The minimum Gasteiger partial charge on any atom is -0.490 e. The van der Waals surface area contributed by atoms with E-state index in [1.807, 2.05) is 6.92 Å². The van der Waals surface area contributed by atoms with Crippen molar-refractivity contribution in [2.75, 3.05) is 32.8 Å². The maximum Gasteiger partial charge on any atom is 0.161 e. The second-order valence-corrected chi connectivity index (χ2v) is 4.13. The Labute approximate surface area is 115 Å². The molecule has 1 rings (SSSR count). The largest absolute Gasteiger partial charge is 0.490 e. The van der Waals surface area contributed by atoms with Crippen LogP contribution in [0.1, 0.15) is 31.1 Å². The van der Waals surface area contributed by atoms with Crippen LogP contribution in [0.15, 0.2) is 18.2 Å². The first kappa shape index (κ1) is 15.5. The van der Waals surface area contributed by atoms with Gasteiger partial charge in [0.15, 0.2) is 11.5 Å². The van der Waals surface area contributed by atoms with E-state index >= 15 is 0 Å². The Bertz CT molecular complexity index is 389. The van der Waals surface area contributed by atoms with Crippen LogP contribution in [0.5, 0.6) is 11.5 Å². The molecule has 0 atom stereocenters. The molecule has 1 aromatic carbocycles. The predicted molar refractivity (Wildman–Crippen MR) is 76.3 cm³/mol. The van der Waals surface area contributed by atoms with Gasteiger partial charge in [0, 0.05) is 12.1 Å².